The van der Waals surface area contributed by atoms with E-state index in [0.29, 0.717) is 18.9 Å². The van der Waals surface area contributed by atoms with Crippen LogP contribution in [0.25, 0.3) is 0 Å². The summed E-state index contributed by atoms with van der Waals surface area (Å²) in [6.45, 7) is 0.491. The number of amides is 1. The fraction of sp³-hybridized carbons (Fsp3) is 0.533. The second kappa shape index (κ2) is 6.55. The molecule has 98 valence electrons. The lowest BCUT2D eigenvalue weighted by atomic mass is 9.83. The number of rotatable bonds is 6. The SMILES string of the molecule is NCC(Cc1ccccc1)NC(=O)CC1CCC1. The van der Waals surface area contributed by atoms with Gasteiger partial charge >= 0.3 is 0 Å². The van der Waals surface area contributed by atoms with E-state index in [1.807, 2.05) is 18.2 Å². The van der Waals surface area contributed by atoms with Crippen molar-refractivity contribution in [2.45, 2.75) is 38.1 Å². The molecule has 3 N–H and O–H groups in total. The molecule has 1 saturated carbocycles. The van der Waals surface area contributed by atoms with Gasteiger partial charge in [0.05, 0.1) is 0 Å². The van der Waals surface area contributed by atoms with E-state index in [-0.39, 0.29) is 11.9 Å². The number of nitrogens with two attached hydrogens (primary N) is 1. The van der Waals surface area contributed by atoms with Gasteiger partial charge in [0.2, 0.25) is 5.91 Å². The van der Waals surface area contributed by atoms with Crippen molar-refractivity contribution in [2.24, 2.45) is 11.7 Å². The number of nitrogens with one attached hydrogen (secondary N) is 1. The molecule has 18 heavy (non-hydrogen) atoms. The van der Waals surface area contributed by atoms with Crippen LogP contribution in [-0.2, 0) is 11.2 Å². The maximum absolute atomic E-state index is 11.8. The van der Waals surface area contributed by atoms with Gasteiger partial charge in [-0.2, -0.15) is 0 Å². The van der Waals surface area contributed by atoms with Crippen LogP contribution in [-0.4, -0.2) is 18.5 Å². The Morgan fingerprint density at radius 2 is 2.06 bits per heavy atom. The number of carbonyl (C=O) groups is 1. The Morgan fingerprint density at radius 3 is 2.61 bits per heavy atom. The zero-order chi connectivity index (χ0) is 12.8. The summed E-state index contributed by atoms with van der Waals surface area (Å²) < 4.78 is 0. The Balaban J connectivity index is 1.79. The number of hydrogen-bond donors (Lipinski definition) is 2. The number of benzene rings is 1. The van der Waals surface area contributed by atoms with Crippen LogP contribution in [0, 0.1) is 5.92 Å². The third-order valence-electron chi connectivity index (χ3n) is 3.67. The molecule has 0 radical (unpaired) electrons. The molecule has 0 heterocycles. The Labute approximate surface area is 109 Å². The van der Waals surface area contributed by atoms with E-state index in [9.17, 15) is 4.79 Å². The molecule has 0 spiro atoms. The second-order valence-electron chi connectivity index (χ2n) is 5.19. The van der Waals surface area contributed by atoms with Crippen LogP contribution in [0.2, 0.25) is 0 Å². The summed E-state index contributed by atoms with van der Waals surface area (Å²) >= 11 is 0. The predicted octanol–water partition coefficient (Wildman–Crippen LogP) is 1.86. The molecule has 1 fully saturated rings. The zero-order valence-corrected chi connectivity index (χ0v) is 10.8. The summed E-state index contributed by atoms with van der Waals surface area (Å²) in [6.07, 6.45) is 5.18. The Hall–Kier alpha value is -1.35. The molecule has 0 aromatic heterocycles. The van der Waals surface area contributed by atoms with Gasteiger partial charge in [0.25, 0.3) is 0 Å². The molecule has 3 nitrogen and oxygen atoms in total. The number of hydrogen-bond acceptors (Lipinski definition) is 2. The summed E-state index contributed by atoms with van der Waals surface area (Å²) in [5, 5.41) is 3.05. The summed E-state index contributed by atoms with van der Waals surface area (Å²) in [7, 11) is 0. The summed E-state index contributed by atoms with van der Waals surface area (Å²) in [5.41, 5.74) is 6.95. The van der Waals surface area contributed by atoms with Crippen molar-refractivity contribution in [2.75, 3.05) is 6.54 Å². The Morgan fingerprint density at radius 1 is 1.33 bits per heavy atom. The second-order valence-corrected chi connectivity index (χ2v) is 5.19. The first-order valence-electron chi connectivity index (χ1n) is 6.81. The zero-order valence-electron chi connectivity index (χ0n) is 10.8. The highest BCUT2D eigenvalue weighted by Gasteiger charge is 2.21. The van der Waals surface area contributed by atoms with E-state index in [0.717, 1.165) is 6.42 Å². The van der Waals surface area contributed by atoms with Crippen LogP contribution >= 0.6 is 0 Å². The van der Waals surface area contributed by atoms with Gasteiger partial charge in [0.15, 0.2) is 0 Å². The molecule has 1 aromatic rings. The first-order valence-corrected chi connectivity index (χ1v) is 6.81. The van der Waals surface area contributed by atoms with E-state index in [1.54, 1.807) is 0 Å². The minimum atomic E-state index is 0.0555. The van der Waals surface area contributed by atoms with Gasteiger partial charge in [0, 0.05) is 19.0 Å². The molecule has 3 heteroatoms. The van der Waals surface area contributed by atoms with Gasteiger partial charge in [-0.25, -0.2) is 0 Å². The molecule has 1 unspecified atom stereocenters. The van der Waals surface area contributed by atoms with E-state index in [1.165, 1.54) is 24.8 Å². The van der Waals surface area contributed by atoms with Gasteiger partial charge in [-0.3, -0.25) is 4.79 Å². The average molecular weight is 246 g/mol. The molecule has 1 atom stereocenters. The molecular formula is C15H22N2O. The Bertz CT molecular complexity index is 373. The van der Waals surface area contributed by atoms with Crippen LogP contribution in [0.5, 0.6) is 0 Å². The van der Waals surface area contributed by atoms with Crippen LogP contribution in [0.3, 0.4) is 0 Å². The molecule has 1 aliphatic carbocycles. The van der Waals surface area contributed by atoms with Gasteiger partial charge in [-0.15, -0.1) is 0 Å². The molecule has 2 rings (SSSR count). The van der Waals surface area contributed by atoms with Crippen molar-refractivity contribution in [3.8, 4) is 0 Å². The largest absolute Gasteiger partial charge is 0.352 e. The minimum absolute atomic E-state index is 0.0555. The third-order valence-corrected chi connectivity index (χ3v) is 3.67. The highest BCUT2D eigenvalue weighted by atomic mass is 16.1. The van der Waals surface area contributed by atoms with Crippen molar-refractivity contribution in [3.05, 3.63) is 35.9 Å². The molecule has 1 aromatic carbocycles. The Kier molecular flexibility index (Phi) is 4.76. The topological polar surface area (TPSA) is 55.1 Å². The van der Waals surface area contributed by atoms with Gasteiger partial charge < -0.3 is 11.1 Å². The third kappa shape index (κ3) is 3.84. The van der Waals surface area contributed by atoms with E-state index < -0.39 is 0 Å². The van der Waals surface area contributed by atoms with Crippen molar-refractivity contribution >= 4 is 5.91 Å². The smallest absolute Gasteiger partial charge is 0.220 e. The van der Waals surface area contributed by atoms with Crippen LogP contribution in [0.1, 0.15) is 31.2 Å². The van der Waals surface area contributed by atoms with Gasteiger partial charge in [0.1, 0.15) is 0 Å². The summed E-state index contributed by atoms with van der Waals surface area (Å²) in [6, 6.07) is 10.2. The molecule has 1 amide bonds. The first-order chi connectivity index (χ1) is 8.78. The van der Waals surface area contributed by atoms with Crippen LogP contribution in [0.4, 0.5) is 0 Å². The molecule has 0 saturated heterocycles. The van der Waals surface area contributed by atoms with E-state index in [2.05, 4.69) is 17.4 Å². The lowest BCUT2D eigenvalue weighted by Gasteiger charge is -2.26. The average Bonchev–Trinajstić information content (AvgIpc) is 2.34. The summed E-state index contributed by atoms with van der Waals surface area (Å²) in [4.78, 5) is 11.8. The molecular weight excluding hydrogens is 224 g/mol. The normalized spacial score (nSPS) is 16.9. The summed E-state index contributed by atoms with van der Waals surface area (Å²) in [5.74, 6) is 0.770. The van der Waals surface area contributed by atoms with Crippen molar-refractivity contribution < 1.29 is 4.79 Å². The van der Waals surface area contributed by atoms with Crippen molar-refractivity contribution in [3.63, 3.8) is 0 Å². The quantitative estimate of drug-likeness (QED) is 0.805. The lowest BCUT2D eigenvalue weighted by Crippen LogP contribution is -2.42. The van der Waals surface area contributed by atoms with Gasteiger partial charge in [-0.1, -0.05) is 36.8 Å². The van der Waals surface area contributed by atoms with Crippen molar-refractivity contribution in [1.29, 1.82) is 0 Å². The maximum Gasteiger partial charge on any atom is 0.220 e. The standard InChI is InChI=1S/C15H22N2O/c16-11-14(9-12-5-2-1-3-6-12)17-15(18)10-13-7-4-8-13/h1-3,5-6,13-14H,4,7-11,16H2,(H,17,18). The van der Waals surface area contributed by atoms with E-state index >= 15 is 0 Å². The van der Waals surface area contributed by atoms with Crippen LogP contribution < -0.4 is 11.1 Å². The monoisotopic (exact) mass is 246 g/mol. The highest BCUT2D eigenvalue weighted by molar-refractivity contribution is 5.76. The fourth-order valence-electron chi connectivity index (χ4n) is 2.34. The van der Waals surface area contributed by atoms with Crippen molar-refractivity contribution in [1.82, 2.24) is 5.32 Å². The van der Waals surface area contributed by atoms with Gasteiger partial charge in [-0.05, 0) is 30.7 Å². The first kappa shape index (κ1) is 13.1. The minimum Gasteiger partial charge on any atom is -0.352 e. The predicted molar refractivity (Wildman–Crippen MR) is 73.1 cm³/mol. The maximum atomic E-state index is 11.8. The molecule has 1 aliphatic rings. The molecule has 0 aliphatic heterocycles. The highest BCUT2D eigenvalue weighted by Crippen LogP contribution is 2.29. The number of carbonyl (C=O) groups excluding carboxylic acids is 1. The van der Waals surface area contributed by atoms with Crippen LogP contribution in [0.15, 0.2) is 30.3 Å². The fourth-order valence-corrected chi connectivity index (χ4v) is 2.34. The lowest BCUT2D eigenvalue weighted by molar-refractivity contribution is -0.123. The van der Waals surface area contributed by atoms with E-state index in [4.69, 9.17) is 5.73 Å². The molecule has 0 bridgehead atoms.